The quantitative estimate of drug-likeness (QED) is 0.823. The van der Waals surface area contributed by atoms with Crippen LogP contribution in [0.25, 0.3) is 0 Å². The fraction of sp³-hybridized carbons (Fsp3) is 0.267. The van der Waals surface area contributed by atoms with Gasteiger partial charge in [0.15, 0.2) is 0 Å². The van der Waals surface area contributed by atoms with E-state index in [1.807, 2.05) is 49.4 Å². The van der Waals surface area contributed by atoms with E-state index in [-0.39, 0.29) is 0 Å². The van der Waals surface area contributed by atoms with Crippen LogP contribution in [0.3, 0.4) is 0 Å². The van der Waals surface area contributed by atoms with Crippen LogP contribution < -0.4 is 5.32 Å². The summed E-state index contributed by atoms with van der Waals surface area (Å²) in [5.74, 6) is 1.01. The Kier molecular flexibility index (Phi) is 5.70. The summed E-state index contributed by atoms with van der Waals surface area (Å²) in [6.45, 7) is 0. The number of rotatable bonds is 6. The second-order valence-electron chi connectivity index (χ2n) is 4.31. The first-order valence-electron chi connectivity index (χ1n) is 6.22. The number of thioether (sulfide) groups is 1. The Morgan fingerprint density at radius 3 is 2.74 bits per heavy atom. The lowest BCUT2D eigenvalue weighted by Gasteiger charge is -2.15. The van der Waals surface area contributed by atoms with Gasteiger partial charge in [0.05, 0.1) is 0 Å². The number of nitrogens with one attached hydrogen (secondary N) is 1. The van der Waals surface area contributed by atoms with E-state index in [0.29, 0.717) is 6.04 Å². The number of benzene rings is 1. The summed E-state index contributed by atoms with van der Waals surface area (Å²) in [5, 5.41) is 4.15. The molecule has 2 aromatic rings. The molecule has 2 rings (SSSR count). The minimum Gasteiger partial charge on any atom is -0.316 e. The van der Waals surface area contributed by atoms with E-state index in [9.17, 15) is 0 Å². The zero-order chi connectivity index (χ0) is 13.5. The zero-order valence-electron chi connectivity index (χ0n) is 10.8. The van der Waals surface area contributed by atoms with Gasteiger partial charge in [-0.25, -0.2) is 0 Å². The van der Waals surface area contributed by atoms with E-state index < -0.39 is 0 Å². The monoisotopic (exact) mass is 292 g/mol. The Labute approximate surface area is 123 Å². The molecule has 0 radical (unpaired) electrons. The third-order valence-corrected chi connectivity index (χ3v) is 4.28. The number of halogens is 1. The van der Waals surface area contributed by atoms with Gasteiger partial charge in [-0.1, -0.05) is 17.7 Å². The fourth-order valence-electron chi connectivity index (χ4n) is 1.80. The molecule has 0 amide bonds. The molecule has 1 unspecified atom stereocenters. The van der Waals surface area contributed by atoms with Crippen LogP contribution in [0, 0.1) is 0 Å². The van der Waals surface area contributed by atoms with Crippen LogP contribution >= 0.6 is 23.4 Å². The molecule has 0 aliphatic heterocycles. The van der Waals surface area contributed by atoms with Crippen LogP contribution in [0.4, 0.5) is 0 Å². The van der Waals surface area contributed by atoms with Crippen molar-refractivity contribution in [1.29, 1.82) is 0 Å². The average Bonchev–Trinajstić information content (AvgIpc) is 2.44. The maximum atomic E-state index is 5.99. The number of nitrogens with zero attached hydrogens (tertiary/aromatic N) is 1. The van der Waals surface area contributed by atoms with Gasteiger partial charge in [-0.3, -0.25) is 4.98 Å². The molecule has 1 aromatic carbocycles. The van der Waals surface area contributed by atoms with Crippen molar-refractivity contribution in [3.8, 4) is 0 Å². The maximum Gasteiger partial charge on any atom is 0.0417 e. The molecule has 1 aromatic heterocycles. The van der Waals surface area contributed by atoms with Gasteiger partial charge in [-0.05, 0) is 49.4 Å². The van der Waals surface area contributed by atoms with Crippen molar-refractivity contribution in [2.24, 2.45) is 0 Å². The number of hydrogen-bond acceptors (Lipinski definition) is 3. The zero-order valence-corrected chi connectivity index (χ0v) is 12.4. The van der Waals surface area contributed by atoms with Gasteiger partial charge in [0.1, 0.15) is 0 Å². The van der Waals surface area contributed by atoms with Crippen LogP contribution in [0.5, 0.6) is 0 Å². The summed E-state index contributed by atoms with van der Waals surface area (Å²) >= 11 is 7.81. The van der Waals surface area contributed by atoms with Crippen molar-refractivity contribution < 1.29 is 0 Å². The van der Waals surface area contributed by atoms with Crippen LogP contribution in [-0.2, 0) is 6.42 Å². The molecule has 1 heterocycles. The molecule has 0 fully saturated rings. The van der Waals surface area contributed by atoms with E-state index in [0.717, 1.165) is 17.2 Å². The molecule has 2 nitrogen and oxygen atoms in total. The van der Waals surface area contributed by atoms with Crippen molar-refractivity contribution in [1.82, 2.24) is 10.3 Å². The summed E-state index contributed by atoms with van der Waals surface area (Å²) in [6, 6.07) is 12.6. The first-order chi connectivity index (χ1) is 9.28. The standard InChI is InChI=1S/C15H17ClN2S/c1-17-14(9-12-5-7-18-8-6-12)11-19-15-4-2-3-13(16)10-15/h2-8,10,14,17H,9,11H2,1H3. The lowest BCUT2D eigenvalue weighted by atomic mass is 10.1. The Balaban J connectivity index is 1.89. The van der Waals surface area contributed by atoms with E-state index >= 15 is 0 Å². The van der Waals surface area contributed by atoms with Gasteiger partial charge in [-0.15, -0.1) is 11.8 Å². The van der Waals surface area contributed by atoms with Crippen LogP contribution in [0.15, 0.2) is 53.7 Å². The average molecular weight is 293 g/mol. The number of pyridine rings is 1. The molecule has 0 bridgehead atoms. The largest absolute Gasteiger partial charge is 0.316 e. The fourth-order valence-corrected chi connectivity index (χ4v) is 3.12. The van der Waals surface area contributed by atoms with Crippen molar-refractivity contribution >= 4 is 23.4 Å². The first-order valence-corrected chi connectivity index (χ1v) is 7.59. The highest BCUT2D eigenvalue weighted by Gasteiger charge is 2.08. The lowest BCUT2D eigenvalue weighted by molar-refractivity contribution is 0.617. The second-order valence-corrected chi connectivity index (χ2v) is 5.84. The summed E-state index contributed by atoms with van der Waals surface area (Å²) in [6.07, 6.45) is 4.69. The van der Waals surface area contributed by atoms with Gasteiger partial charge < -0.3 is 5.32 Å². The number of hydrogen-bond donors (Lipinski definition) is 1. The van der Waals surface area contributed by atoms with Crippen LogP contribution in [0.1, 0.15) is 5.56 Å². The molecular formula is C15H17ClN2S. The molecule has 0 aliphatic carbocycles. The molecule has 0 saturated heterocycles. The third kappa shape index (κ3) is 4.86. The lowest BCUT2D eigenvalue weighted by Crippen LogP contribution is -2.30. The summed E-state index contributed by atoms with van der Waals surface area (Å²) in [7, 11) is 2.00. The highest BCUT2D eigenvalue weighted by Crippen LogP contribution is 2.22. The highest BCUT2D eigenvalue weighted by atomic mass is 35.5. The van der Waals surface area contributed by atoms with Gasteiger partial charge in [0.25, 0.3) is 0 Å². The minimum absolute atomic E-state index is 0.436. The number of likely N-dealkylation sites (N-methyl/N-ethyl adjacent to an activating group) is 1. The van der Waals surface area contributed by atoms with E-state index in [2.05, 4.69) is 28.5 Å². The predicted octanol–water partition coefficient (Wildman–Crippen LogP) is 3.66. The SMILES string of the molecule is CNC(CSc1cccc(Cl)c1)Cc1ccncc1. The maximum absolute atomic E-state index is 5.99. The molecule has 1 N–H and O–H groups in total. The van der Waals surface area contributed by atoms with Gasteiger partial charge in [-0.2, -0.15) is 0 Å². The Morgan fingerprint density at radius 1 is 1.26 bits per heavy atom. The molecule has 0 aliphatic rings. The van der Waals surface area contributed by atoms with E-state index in [1.54, 1.807) is 0 Å². The molecule has 0 saturated carbocycles. The topological polar surface area (TPSA) is 24.9 Å². The summed E-state index contributed by atoms with van der Waals surface area (Å²) in [4.78, 5) is 5.25. The number of aromatic nitrogens is 1. The van der Waals surface area contributed by atoms with Crippen molar-refractivity contribution in [3.05, 3.63) is 59.4 Å². The summed E-state index contributed by atoms with van der Waals surface area (Å²) in [5.41, 5.74) is 1.31. The molecule has 100 valence electrons. The predicted molar refractivity (Wildman–Crippen MR) is 83.0 cm³/mol. The Morgan fingerprint density at radius 2 is 2.05 bits per heavy atom. The van der Waals surface area contributed by atoms with E-state index in [4.69, 9.17) is 11.6 Å². The van der Waals surface area contributed by atoms with Crippen molar-refractivity contribution in [2.45, 2.75) is 17.4 Å². The van der Waals surface area contributed by atoms with E-state index in [1.165, 1.54) is 10.5 Å². The molecule has 1 atom stereocenters. The minimum atomic E-state index is 0.436. The third-order valence-electron chi connectivity index (χ3n) is 2.89. The smallest absolute Gasteiger partial charge is 0.0417 e. The van der Waals surface area contributed by atoms with Gasteiger partial charge >= 0.3 is 0 Å². The van der Waals surface area contributed by atoms with Crippen LogP contribution in [0.2, 0.25) is 5.02 Å². The van der Waals surface area contributed by atoms with Crippen molar-refractivity contribution in [3.63, 3.8) is 0 Å². The molecule has 0 spiro atoms. The Bertz CT molecular complexity index is 505. The van der Waals surface area contributed by atoms with Gasteiger partial charge in [0, 0.05) is 34.1 Å². The normalized spacial score (nSPS) is 12.3. The molecule has 19 heavy (non-hydrogen) atoms. The second kappa shape index (κ2) is 7.53. The van der Waals surface area contributed by atoms with Crippen molar-refractivity contribution in [2.75, 3.05) is 12.8 Å². The first kappa shape index (κ1) is 14.4. The summed E-state index contributed by atoms with van der Waals surface area (Å²) < 4.78 is 0. The molecular weight excluding hydrogens is 276 g/mol. The van der Waals surface area contributed by atoms with Gasteiger partial charge in [0.2, 0.25) is 0 Å². The Hall–Kier alpha value is -1.03. The highest BCUT2D eigenvalue weighted by molar-refractivity contribution is 7.99. The molecule has 4 heteroatoms. The van der Waals surface area contributed by atoms with Crippen LogP contribution in [-0.4, -0.2) is 23.8 Å².